The lowest BCUT2D eigenvalue weighted by Crippen LogP contribution is -2.42. The van der Waals surface area contributed by atoms with Crippen molar-refractivity contribution in [1.82, 2.24) is 30.6 Å². The maximum Gasteiger partial charge on any atom is 0.248 e. The summed E-state index contributed by atoms with van der Waals surface area (Å²) >= 11 is 0. The van der Waals surface area contributed by atoms with Gasteiger partial charge in [0, 0.05) is 55.0 Å². The van der Waals surface area contributed by atoms with Gasteiger partial charge in [-0.05, 0) is 71.8 Å². The second kappa shape index (κ2) is 15.1. The van der Waals surface area contributed by atoms with Gasteiger partial charge in [0.15, 0.2) is 0 Å². The molecule has 8 nitrogen and oxygen atoms in total. The number of fused-ring (bicyclic) bond motifs is 1. The number of hydrogen-bond donors (Lipinski definition) is 4. The number of carbonyl (C=O) groups is 2. The van der Waals surface area contributed by atoms with E-state index >= 15 is 0 Å². The van der Waals surface area contributed by atoms with Crippen LogP contribution in [0.2, 0.25) is 0 Å². The molecule has 0 bridgehead atoms. The second-order valence-corrected chi connectivity index (χ2v) is 17.7. The standard InChI is InChI=1S/C42H54F4N6O2/c1-39(2,3)33(51-37(53)26-13-17-41(43,44)18-14-26)35-47-23-31(49-35)12-8-25-7-9-29-22-30(11-10-28(29)21-25)32-24-48-36(50-32)34(40(4,5)6)52-38(54)27-15-19-42(45,46)20-16-27/h7,9-11,21-24,26-27,33-34H,8,12-20H2,1-6H3,(H,47,49)(H,48,50)(H,51,53)(H,52,54)/t33-,34-/m1/s1. The van der Waals surface area contributed by atoms with Gasteiger partial charge in [0.25, 0.3) is 0 Å². The normalized spacial score (nSPS) is 19.4. The molecule has 0 aliphatic heterocycles. The lowest BCUT2D eigenvalue weighted by atomic mass is 9.83. The highest BCUT2D eigenvalue weighted by Crippen LogP contribution is 2.40. The Labute approximate surface area is 315 Å². The number of H-pyrrole nitrogens is 2. The Morgan fingerprint density at radius 1 is 0.704 bits per heavy atom. The van der Waals surface area contributed by atoms with Gasteiger partial charge < -0.3 is 20.6 Å². The van der Waals surface area contributed by atoms with Crippen molar-refractivity contribution in [3.8, 4) is 11.3 Å². The van der Waals surface area contributed by atoms with Gasteiger partial charge in [-0.1, -0.05) is 71.9 Å². The molecule has 2 aromatic heterocycles. The number of imidazole rings is 2. The van der Waals surface area contributed by atoms with Crippen molar-refractivity contribution in [1.29, 1.82) is 0 Å². The highest BCUT2D eigenvalue weighted by molar-refractivity contribution is 5.87. The first-order valence-electron chi connectivity index (χ1n) is 19.2. The minimum absolute atomic E-state index is 0.178. The van der Waals surface area contributed by atoms with Crippen molar-refractivity contribution in [3.63, 3.8) is 0 Å². The van der Waals surface area contributed by atoms with Crippen LogP contribution in [0, 0.1) is 22.7 Å². The quantitative estimate of drug-likeness (QED) is 0.121. The van der Waals surface area contributed by atoms with Crippen molar-refractivity contribution in [3.05, 3.63) is 71.7 Å². The van der Waals surface area contributed by atoms with Crippen LogP contribution in [0.25, 0.3) is 22.0 Å². The van der Waals surface area contributed by atoms with Crippen LogP contribution in [0.15, 0.2) is 48.8 Å². The second-order valence-electron chi connectivity index (χ2n) is 17.7. The number of nitrogens with zero attached hydrogens (tertiary/aromatic N) is 2. The summed E-state index contributed by atoms with van der Waals surface area (Å²) in [6.07, 6.45) is 4.76. The fourth-order valence-corrected chi connectivity index (χ4v) is 7.69. The van der Waals surface area contributed by atoms with Crippen LogP contribution >= 0.6 is 0 Å². The Hall–Kier alpha value is -4.22. The largest absolute Gasteiger partial charge is 0.345 e. The first kappa shape index (κ1) is 39.5. The summed E-state index contributed by atoms with van der Waals surface area (Å²) in [7, 11) is 0. The number of carbonyl (C=O) groups excluding carboxylic acids is 2. The number of aryl methyl sites for hydroxylation is 2. The van der Waals surface area contributed by atoms with Gasteiger partial charge in [0.05, 0.1) is 24.0 Å². The van der Waals surface area contributed by atoms with E-state index in [1.54, 1.807) is 12.4 Å². The zero-order chi connectivity index (χ0) is 39.1. The molecule has 292 valence electrons. The zero-order valence-electron chi connectivity index (χ0n) is 32.2. The van der Waals surface area contributed by atoms with Crippen molar-refractivity contribution in [2.75, 3.05) is 0 Å². The molecule has 0 unspecified atom stereocenters. The summed E-state index contributed by atoms with van der Waals surface area (Å²) in [6, 6.07) is 11.8. The monoisotopic (exact) mass is 750 g/mol. The molecular formula is C42H54F4N6O2. The molecule has 2 fully saturated rings. The molecule has 2 amide bonds. The zero-order valence-corrected chi connectivity index (χ0v) is 32.2. The van der Waals surface area contributed by atoms with E-state index in [4.69, 9.17) is 0 Å². The Kier molecular flexibility index (Phi) is 11.1. The van der Waals surface area contributed by atoms with Gasteiger partial charge in [0.1, 0.15) is 11.6 Å². The topological polar surface area (TPSA) is 116 Å². The molecule has 4 N–H and O–H groups in total. The first-order chi connectivity index (χ1) is 25.3. The Bertz CT molecular complexity index is 1940. The molecule has 0 radical (unpaired) electrons. The third-order valence-electron chi connectivity index (χ3n) is 11.2. The van der Waals surface area contributed by atoms with Crippen LogP contribution in [0.5, 0.6) is 0 Å². The van der Waals surface area contributed by atoms with E-state index in [0.29, 0.717) is 18.1 Å². The molecule has 2 heterocycles. The maximum atomic E-state index is 13.7. The minimum Gasteiger partial charge on any atom is -0.345 e. The van der Waals surface area contributed by atoms with Crippen LogP contribution in [-0.2, 0) is 22.4 Å². The summed E-state index contributed by atoms with van der Waals surface area (Å²) in [5.41, 5.74) is 3.16. The van der Waals surface area contributed by atoms with E-state index in [2.05, 4.69) is 60.9 Å². The predicted octanol–water partition coefficient (Wildman–Crippen LogP) is 9.80. The smallest absolute Gasteiger partial charge is 0.248 e. The molecule has 2 atom stereocenters. The van der Waals surface area contributed by atoms with Gasteiger partial charge >= 0.3 is 0 Å². The van der Waals surface area contributed by atoms with Gasteiger partial charge in [-0.2, -0.15) is 0 Å². The molecule has 0 saturated heterocycles. The molecule has 0 spiro atoms. The summed E-state index contributed by atoms with van der Waals surface area (Å²) in [5.74, 6) is -5.33. The van der Waals surface area contributed by atoms with Crippen LogP contribution in [0.1, 0.15) is 128 Å². The number of aromatic amines is 2. The molecule has 2 saturated carbocycles. The van der Waals surface area contributed by atoms with Crippen molar-refractivity contribution >= 4 is 22.6 Å². The third kappa shape index (κ3) is 9.52. The minimum atomic E-state index is -2.69. The molecule has 2 aromatic carbocycles. The predicted molar refractivity (Wildman–Crippen MR) is 202 cm³/mol. The van der Waals surface area contributed by atoms with E-state index in [0.717, 1.165) is 39.7 Å². The lowest BCUT2D eigenvalue weighted by molar-refractivity contribution is -0.131. The summed E-state index contributed by atoms with van der Waals surface area (Å²) < 4.78 is 54.8. The maximum absolute atomic E-state index is 13.7. The lowest BCUT2D eigenvalue weighted by Gasteiger charge is -2.33. The Morgan fingerprint density at radius 2 is 1.19 bits per heavy atom. The number of amides is 2. The van der Waals surface area contributed by atoms with Crippen molar-refractivity contribution < 1.29 is 27.2 Å². The number of nitrogens with one attached hydrogen (secondary N) is 4. The fraction of sp³-hybridized carbons (Fsp3) is 0.571. The molecular weight excluding hydrogens is 696 g/mol. The van der Waals surface area contributed by atoms with Crippen molar-refractivity contribution in [2.45, 2.75) is 130 Å². The highest BCUT2D eigenvalue weighted by Gasteiger charge is 2.41. The average Bonchev–Trinajstić information content (AvgIpc) is 3.77. The summed E-state index contributed by atoms with van der Waals surface area (Å²) in [5, 5.41) is 8.38. The van der Waals surface area contributed by atoms with Gasteiger partial charge in [-0.25, -0.2) is 27.5 Å². The number of hydrogen-bond acceptors (Lipinski definition) is 4. The summed E-state index contributed by atoms with van der Waals surface area (Å²) in [6.45, 7) is 12.1. The van der Waals surface area contributed by atoms with E-state index in [1.165, 1.54) is 0 Å². The average molecular weight is 751 g/mol. The van der Waals surface area contributed by atoms with Crippen LogP contribution in [0.3, 0.4) is 0 Å². The molecule has 4 aromatic rings. The van der Waals surface area contributed by atoms with Crippen LogP contribution in [-0.4, -0.2) is 43.6 Å². The summed E-state index contributed by atoms with van der Waals surface area (Å²) in [4.78, 5) is 42.4. The highest BCUT2D eigenvalue weighted by atomic mass is 19.3. The van der Waals surface area contributed by atoms with Crippen LogP contribution < -0.4 is 10.6 Å². The SMILES string of the molecule is CC(C)(C)[C@H](NC(=O)C1CCC(F)(F)CC1)c1ncc(CCc2ccc3cc(-c4cnc([C@@H](NC(=O)C5CCC(F)(F)CC5)C(C)(C)C)[nH]4)ccc3c2)[nH]1. The van der Waals surface area contributed by atoms with E-state index in [-0.39, 0.29) is 80.1 Å². The van der Waals surface area contributed by atoms with E-state index < -0.39 is 29.7 Å². The number of alkyl halides is 4. The van der Waals surface area contributed by atoms with Gasteiger partial charge in [-0.3, -0.25) is 9.59 Å². The van der Waals surface area contributed by atoms with E-state index in [1.807, 2.05) is 47.6 Å². The third-order valence-corrected chi connectivity index (χ3v) is 11.2. The molecule has 6 rings (SSSR count). The van der Waals surface area contributed by atoms with Crippen LogP contribution in [0.4, 0.5) is 17.6 Å². The van der Waals surface area contributed by atoms with Gasteiger partial charge in [0.2, 0.25) is 23.7 Å². The molecule has 54 heavy (non-hydrogen) atoms. The first-order valence-corrected chi connectivity index (χ1v) is 19.2. The van der Waals surface area contributed by atoms with Crippen molar-refractivity contribution in [2.24, 2.45) is 22.7 Å². The van der Waals surface area contributed by atoms with Gasteiger partial charge in [-0.15, -0.1) is 0 Å². The molecule has 2 aliphatic carbocycles. The molecule has 12 heteroatoms. The Balaban J connectivity index is 1.09. The fourth-order valence-electron chi connectivity index (χ4n) is 7.69. The number of aromatic nitrogens is 4. The number of benzene rings is 2. The molecule has 2 aliphatic rings. The Morgan fingerprint density at radius 3 is 1.72 bits per heavy atom. The number of rotatable bonds is 10. The number of halogens is 4. The van der Waals surface area contributed by atoms with E-state index in [9.17, 15) is 27.2 Å².